The molecule has 2 aromatic carbocycles. The largest absolute Gasteiger partial charge is 0.330 e. The molecule has 0 unspecified atom stereocenters. The Morgan fingerprint density at radius 3 is 2.44 bits per heavy atom. The minimum Gasteiger partial charge on any atom is -0.330 e. The second-order valence-electron chi connectivity index (χ2n) is 6.25. The first-order valence-corrected chi connectivity index (χ1v) is 9.03. The smallest absolute Gasteiger partial charge is 0.254 e. The van der Waals surface area contributed by atoms with Crippen molar-refractivity contribution in [3.8, 4) is 0 Å². The highest BCUT2D eigenvalue weighted by atomic mass is 35.5. The lowest BCUT2D eigenvalue weighted by atomic mass is 10.2. The van der Waals surface area contributed by atoms with Crippen molar-refractivity contribution in [2.75, 3.05) is 39.3 Å². The minimum atomic E-state index is 0.0952. The van der Waals surface area contributed by atoms with Gasteiger partial charge in [0.05, 0.1) is 39.3 Å². The Morgan fingerprint density at radius 2 is 1.76 bits per heavy atom. The third-order valence-corrected chi connectivity index (χ3v) is 4.74. The number of nitrogens with zero attached hydrogens (tertiary/aromatic N) is 2. The topological polar surface area (TPSA) is 37.1 Å². The van der Waals surface area contributed by atoms with Crippen LogP contribution in [-0.4, -0.2) is 56.3 Å². The quantitative estimate of drug-likeness (QED) is 0.815. The number of rotatable bonds is 5. The van der Waals surface area contributed by atoms with Crippen molar-refractivity contribution in [2.45, 2.75) is 0 Å². The molecule has 1 heterocycles. The molecule has 0 aliphatic carbocycles. The van der Waals surface area contributed by atoms with Crippen molar-refractivity contribution in [3.05, 3.63) is 70.7 Å². The molecule has 1 aliphatic heterocycles. The van der Waals surface area contributed by atoms with Crippen molar-refractivity contribution in [1.82, 2.24) is 4.90 Å². The molecule has 1 N–H and O–H groups in total. The molecule has 1 fully saturated rings. The van der Waals surface area contributed by atoms with Crippen molar-refractivity contribution >= 4 is 23.7 Å². The van der Waals surface area contributed by atoms with Gasteiger partial charge in [-0.25, -0.2) is 0 Å². The van der Waals surface area contributed by atoms with E-state index >= 15 is 0 Å². The molecule has 0 radical (unpaired) electrons. The van der Waals surface area contributed by atoms with Crippen LogP contribution in [0.1, 0.15) is 15.9 Å². The summed E-state index contributed by atoms with van der Waals surface area (Å²) in [5, 5.41) is 0.655. The van der Waals surface area contributed by atoms with Crippen LogP contribution in [-0.2, 0) is 0 Å². The van der Waals surface area contributed by atoms with Crippen LogP contribution in [0.15, 0.2) is 59.6 Å². The maximum atomic E-state index is 12.5. The molecule has 130 valence electrons. The monoisotopic (exact) mass is 356 g/mol. The average molecular weight is 357 g/mol. The summed E-state index contributed by atoms with van der Waals surface area (Å²) in [5.74, 6) is 0.0952. The molecule has 25 heavy (non-hydrogen) atoms. The fourth-order valence-electron chi connectivity index (χ4n) is 2.98. The van der Waals surface area contributed by atoms with E-state index in [2.05, 4.69) is 17.1 Å². The maximum absolute atomic E-state index is 12.5. The summed E-state index contributed by atoms with van der Waals surface area (Å²) in [6, 6.07) is 17.3. The molecule has 2 aromatic rings. The lowest BCUT2D eigenvalue weighted by Gasteiger charge is -2.32. The fraction of sp³-hybridized carbons (Fsp3) is 0.300. The number of carbonyl (C=O) groups excluding carboxylic acids is 1. The Labute approximate surface area is 153 Å². The predicted molar refractivity (Wildman–Crippen MR) is 102 cm³/mol. The van der Waals surface area contributed by atoms with Gasteiger partial charge in [0.15, 0.2) is 0 Å². The van der Waals surface area contributed by atoms with E-state index in [-0.39, 0.29) is 5.91 Å². The molecule has 3 rings (SSSR count). The van der Waals surface area contributed by atoms with Gasteiger partial charge in [0.25, 0.3) is 5.91 Å². The zero-order valence-corrected chi connectivity index (χ0v) is 15.0. The van der Waals surface area contributed by atoms with Gasteiger partial charge in [-0.2, -0.15) is 0 Å². The lowest BCUT2D eigenvalue weighted by Crippen LogP contribution is -3.15. The molecule has 0 aromatic heterocycles. The molecule has 1 aliphatic rings. The predicted octanol–water partition coefficient (Wildman–Crippen LogP) is 1.80. The highest BCUT2D eigenvalue weighted by Crippen LogP contribution is 2.11. The Kier molecular flexibility index (Phi) is 6.20. The Hall–Kier alpha value is -2.17. The van der Waals surface area contributed by atoms with E-state index in [0.717, 1.165) is 44.8 Å². The number of benzene rings is 2. The summed E-state index contributed by atoms with van der Waals surface area (Å²) in [6.07, 6.45) is 1.93. The van der Waals surface area contributed by atoms with Crippen LogP contribution >= 0.6 is 11.6 Å². The maximum Gasteiger partial charge on any atom is 0.254 e. The Bertz CT molecular complexity index is 707. The van der Waals surface area contributed by atoms with Gasteiger partial charge >= 0.3 is 0 Å². The normalized spacial score (nSPS) is 15.6. The van der Waals surface area contributed by atoms with Crippen LogP contribution in [0.3, 0.4) is 0 Å². The number of hydrogen-bond acceptors (Lipinski definition) is 2. The number of halogens is 1. The first kappa shape index (κ1) is 17.6. The molecule has 0 atom stereocenters. The van der Waals surface area contributed by atoms with Crippen LogP contribution in [0.4, 0.5) is 0 Å². The molecule has 1 amide bonds. The van der Waals surface area contributed by atoms with Crippen molar-refractivity contribution in [3.63, 3.8) is 0 Å². The minimum absolute atomic E-state index is 0.0952. The first-order chi connectivity index (χ1) is 12.2. The SMILES string of the molecule is O=C(c1ccc(Cl)cc1)N1CC[NH+](CCN=Cc2ccccc2)CC1. The summed E-state index contributed by atoms with van der Waals surface area (Å²) >= 11 is 5.88. The summed E-state index contributed by atoms with van der Waals surface area (Å²) in [7, 11) is 0. The lowest BCUT2D eigenvalue weighted by molar-refractivity contribution is -0.902. The van der Waals surface area contributed by atoms with Crippen LogP contribution in [0.25, 0.3) is 0 Å². The third kappa shape index (κ3) is 5.15. The molecule has 0 spiro atoms. The summed E-state index contributed by atoms with van der Waals surface area (Å²) in [4.78, 5) is 20.4. The van der Waals surface area contributed by atoms with Gasteiger partial charge in [-0.15, -0.1) is 0 Å². The van der Waals surface area contributed by atoms with Gasteiger partial charge in [-0.3, -0.25) is 9.79 Å². The summed E-state index contributed by atoms with van der Waals surface area (Å²) in [6.45, 7) is 5.35. The van der Waals surface area contributed by atoms with Crippen LogP contribution in [0.5, 0.6) is 0 Å². The molecular formula is C20H23ClN3O+. The van der Waals surface area contributed by atoms with Gasteiger partial charge in [0.2, 0.25) is 0 Å². The van der Waals surface area contributed by atoms with Gasteiger partial charge < -0.3 is 9.80 Å². The summed E-state index contributed by atoms with van der Waals surface area (Å²) in [5.41, 5.74) is 1.84. The van der Waals surface area contributed by atoms with Crippen LogP contribution < -0.4 is 4.90 Å². The number of hydrogen-bond donors (Lipinski definition) is 1. The number of aliphatic imine (C=N–C) groups is 1. The molecule has 1 saturated heterocycles. The van der Waals surface area contributed by atoms with E-state index in [4.69, 9.17) is 11.6 Å². The number of piperazine rings is 1. The van der Waals surface area contributed by atoms with E-state index in [1.54, 1.807) is 24.3 Å². The van der Waals surface area contributed by atoms with E-state index in [1.807, 2.05) is 29.3 Å². The summed E-state index contributed by atoms with van der Waals surface area (Å²) < 4.78 is 0. The zero-order chi connectivity index (χ0) is 17.5. The molecule has 4 nitrogen and oxygen atoms in total. The molecule has 5 heteroatoms. The van der Waals surface area contributed by atoms with Gasteiger partial charge in [-0.05, 0) is 29.8 Å². The van der Waals surface area contributed by atoms with E-state index in [1.165, 1.54) is 4.90 Å². The van der Waals surface area contributed by atoms with E-state index in [9.17, 15) is 4.79 Å². The van der Waals surface area contributed by atoms with E-state index < -0.39 is 0 Å². The second-order valence-corrected chi connectivity index (χ2v) is 6.68. The second kappa shape index (κ2) is 8.79. The van der Waals surface area contributed by atoms with Crippen LogP contribution in [0, 0.1) is 0 Å². The van der Waals surface area contributed by atoms with Gasteiger partial charge in [0, 0.05) is 16.8 Å². The molecular weight excluding hydrogens is 334 g/mol. The first-order valence-electron chi connectivity index (χ1n) is 8.65. The Balaban J connectivity index is 1.42. The van der Waals surface area contributed by atoms with Crippen molar-refractivity contribution in [2.24, 2.45) is 4.99 Å². The number of carbonyl (C=O) groups is 1. The number of nitrogens with one attached hydrogen (secondary N) is 1. The number of amides is 1. The van der Waals surface area contributed by atoms with Crippen LogP contribution in [0.2, 0.25) is 5.02 Å². The highest BCUT2D eigenvalue weighted by molar-refractivity contribution is 6.30. The van der Waals surface area contributed by atoms with Crippen molar-refractivity contribution in [1.29, 1.82) is 0 Å². The van der Waals surface area contributed by atoms with Crippen molar-refractivity contribution < 1.29 is 9.69 Å². The zero-order valence-electron chi connectivity index (χ0n) is 14.2. The molecule has 0 bridgehead atoms. The van der Waals surface area contributed by atoms with Gasteiger partial charge in [0.1, 0.15) is 0 Å². The highest BCUT2D eigenvalue weighted by Gasteiger charge is 2.24. The average Bonchev–Trinajstić information content (AvgIpc) is 2.67. The number of quaternary nitrogens is 1. The Morgan fingerprint density at radius 1 is 1.08 bits per heavy atom. The standard InChI is InChI=1S/C20H22ClN3O/c21-19-8-6-18(7-9-19)20(25)24-14-12-23(13-15-24)11-10-22-16-17-4-2-1-3-5-17/h1-9,16H,10-15H2/p+1. The van der Waals surface area contributed by atoms with E-state index in [0.29, 0.717) is 10.6 Å². The molecule has 0 saturated carbocycles. The fourth-order valence-corrected chi connectivity index (χ4v) is 3.11. The van der Waals surface area contributed by atoms with Gasteiger partial charge in [-0.1, -0.05) is 41.9 Å². The third-order valence-electron chi connectivity index (χ3n) is 4.48.